The summed E-state index contributed by atoms with van der Waals surface area (Å²) in [5, 5.41) is 1.13. The van der Waals surface area contributed by atoms with Crippen molar-refractivity contribution >= 4 is 11.7 Å². The van der Waals surface area contributed by atoms with Crippen LogP contribution in [0.15, 0.2) is 12.1 Å². The van der Waals surface area contributed by atoms with E-state index in [1.807, 2.05) is 0 Å². The van der Waals surface area contributed by atoms with E-state index in [2.05, 4.69) is 0 Å². The zero-order chi connectivity index (χ0) is 20.0. The molecule has 0 bridgehead atoms. The van der Waals surface area contributed by atoms with E-state index in [-0.39, 0.29) is 11.5 Å². The molecule has 1 atom stereocenters. The van der Waals surface area contributed by atoms with Crippen molar-refractivity contribution in [2.24, 2.45) is 0 Å². The van der Waals surface area contributed by atoms with Crippen molar-refractivity contribution in [2.45, 2.75) is 57.2 Å². The van der Waals surface area contributed by atoms with Gasteiger partial charge in [-0.05, 0) is 68.4 Å². The van der Waals surface area contributed by atoms with Crippen molar-refractivity contribution in [3.8, 4) is 5.75 Å². The fraction of sp³-hybridized carbons (Fsp3) is 0.579. The Morgan fingerprint density at radius 2 is 1.74 bits per heavy atom. The van der Waals surface area contributed by atoms with Crippen molar-refractivity contribution < 1.29 is 32.3 Å². The average molecular weight is 385 g/mol. The van der Waals surface area contributed by atoms with E-state index < -0.39 is 30.2 Å². The second kappa shape index (κ2) is 6.82. The van der Waals surface area contributed by atoms with Gasteiger partial charge in [0.05, 0.1) is 0 Å². The van der Waals surface area contributed by atoms with E-state index in [1.54, 1.807) is 13.8 Å². The Balaban J connectivity index is 1.96. The number of aryl methyl sites for hydroxylation is 2. The number of amides is 1. The number of rotatable bonds is 3. The summed E-state index contributed by atoms with van der Waals surface area (Å²) in [5.74, 6) is -1.69. The number of ketones is 1. The number of alkyl halides is 3. The average Bonchev–Trinajstić information content (AvgIpc) is 3.02. The number of hydroxylamine groups is 2. The molecule has 2 aliphatic rings. The zero-order valence-corrected chi connectivity index (χ0v) is 15.5. The maximum atomic E-state index is 13.2. The summed E-state index contributed by atoms with van der Waals surface area (Å²) in [4.78, 5) is 31.6. The van der Waals surface area contributed by atoms with Gasteiger partial charge in [0.15, 0.2) is 18.0 Å². The smallest absolute Gasteiger partial charge is 0.422 e. The Bertz CT molecular complexity index is 746. The molecule has 1 spiro atoms. The van der Waals surface area contributed by atoms with Crippen molar-refractivity contribution in [3.05, 3.63) is 28.8 Å². The van der Waals surface area contributed by atoms with E-state index in [4.69, 9.17) is 9.57 Å². The highest BCUT2D eigenvalue weighted by molar-refractivity contribution is 6.11. The van der Waals surface area contributed by atoms with Crippen LogP contribution in [0.5, 0.6) is 5.75 Å². The topological polar surface area (TPSA) is 55.8 Å². The Hall–Kier alpha value is -2.09. The second-order valence-electron chi connectivity index (χ2n) is 7.30. The van der Waals surface area contributed by atoms with Crippen LogP contribution >= 0.6 is 0 Å². The molecule has 3 rings (SSSR count). The predicted molar refractivity (Wildman–Crippen MR) is 90.3 cm³/mol. The van der Waals surface area contributed by atoms with Crippen LogP contribution in [0.2, 0.25) is 0 Å². The summed E-state index contributed by atoms with van der Waals surface area (Å²) >= 11 is 0. The van der Waals surface area contributed by atoms with Gasteiger partial charge >= 0.3 is 6.18 Å². The first-order valence-electron chi connectivity index (χ1n) is 8.86. The first-order chi connectivity index (χ1) is 12.5. The van der Waals surface area contributed by atoms with Crippen LogP contribution in [0, 0.1) is 13.8 Å². The van der Waals surface area contributed by atoms with Crippen molar-refractivity contribution in [2.75, 3.05) is 13.7 Å². The van der Waals surface area contributed by atoms with Gasteiger partial charge in [0.1, 0.15) is 11.7 Å². The molecule has 1 heterocycles. The lowest BCUT2D eigenvalue weighted by Crippen LogP contribution is -2.56. The molecule has 8 heteroatoms. The highest BCUT2D eigenvalue weighted by Crippen LogP contribution is 2.44. The minimum atomic E-state index is -4.44. The fourth-order valence-corrected chi connectivity index (χ4v) is 4.09. The van der Waals surface area contributed by atoms with Gasteiger partial charge in [-0.1, -0.05) is 0 Å². The number of benzene rings is 1. The van der Waals surface area contributed by atoms with E-state index in [1.165, 1.54) is 19.2 Å². The molecule has 148 valence electrons. The maximum Gasteiger partial charge on any atom is 0.422 e. The third-order valence-electron chi connectivity index (χ3n) is 5.25. The fourth-order valence-electron chi connectivity index (χ4n) is 4.09. The van der Waals surface area contributed by atoms with Crippen LogP contribution in [-0.4, -0.2) is 42.2 Å². The van der Waals surface area contributed by atoms with Gasteiger partial charge in [0.2, 0.25) is 0 Å². The molecule has 1 aromatic rings. The summed E-state index contributed by atoms with van der Waals surface area (Å²) in [6.07, 6.45) is -1.62. The minimum Gasteiger partial charge on any atom is -0.484 e. The van der Waals surface area contributed by atoms with E-state index >= 15 is 0 Å². The van der Waals surface area contributed by atoms with Gasteiger partial charge in [0.25, 0.3) is 5.91 Å². The summed E-state index contributed by atoms with van der Waals surface area (Å²) in [5.41, 5.74) is 0.618. The molecule has 1 saturated carbocycles. The van der Waals surface area contributed by atoms with Crippen molar-refractivity contribution in [1.82, 2.24) is 5.06 Å². The van der Waals surface area contributed by atoms with E-state index in [0.29, 0.717) is 29.5 Å². The number of hydrogen-bond acceptors (Lipinski definition) is 4. The van der Waals surface area contributed by atoms with Crippen LogP contribution in [0.4, 0.5) is 13.2 Å². The number of likely N-dealkylation sites (N-methyl/N-ethyl adjacent to an activating group) is 1. The molecule has 2 fully saturated rings. The van der Waals surface area contributed by atoms with Crippen LogP contribution in [0.3, 0.4) is 0 Å². The maximum absolute atomic E-state index is 13.2. The molecule has 0 radical (unpaired) electrons. The number of carbonyl (C=O) groups is 2. The summed E-state index contributed by atoms with van der Waals surface area (Å²) in [6, 6.07) is 2.87. The SMILES string of the molecule is Cc1cc(OCC(F)(F)F)cc(C)c1C1C(=O)N(C)OC2(CCCC2)C1=O. The molecule has 1 saturated heterocycles. The van der Waals surface area contributed by atoms with Gasteiger partial charge in [0, 0.05) is 7.05 Å². The quantitative estimate of drug-likeness (QED) is 0.746. The molecular formula is C19H22F3NO4. The third kappa shape index (κ3) is 3.67. The Morgan fingerprint density at radius 3 is 2.26 bits per heavy atom. The molecular weight excluding hydrogens is 363 g/mol. The van der Waals surface area contributed by atoms with E-state index in [0.717, 1.165) is 17.9 Å². The lowest BCUT2D eigenvalue weighted by atomic mass is 9.78. The molecule has 1 aliphatic carbocycles. The van der Waals surface area contributed by atoms with Gasteiger partial charge in [-0.15, -0.1) is 0 Å². The Kier molecular flexibility index (Phi) is 4.96. The third-order valence-corrected chi connectivity index (χ3v) is 5.25. The summed E-state index contributed by atoms with van der Waals surface area (Å²) in [6.45, 7) is 1.94. The van der Waals surface area contributed by atoms with Gasteiger partial charge in [-0.25, -0.2) is 5.06 Å². The molecule has 27 heavy (non-hydrogen) atoms. The van der Waals surface area contributed by atoms with Gasteiger partial charge in [-0.2, -0.15) is 13.2 Å². The van der Waals surface area contributed by atoms with Gasteiger partial charge in [-0.3, -0.25) is 14.4 Å². The normalized spacial score (nSPS) is 22.6. The first-order valence-corrected chi connectivity index (χ1v) is 8.86. The minimum absolute atomic E-state index is 0.0574. The molecule has 5 nitrogen and oxygen atoms in total. The van der Waals surface area contributed by atoms with Crippen molar-refractivity contribution in [3.63, 3.8) is 0 Å². The lowest BCUT2D eigenvalue weighted by Gasteiger charge is -2.41. The predicted octanol–water partition coefficient (Wildman–Crippen LogP) is 3.61. The lowest BCUT2D eigenvalue weighted by molar-refractivity contribution is -0.240. The summed E-state index contributed by atoms with van der Waals surface area (Å²) < 4.78 is 42.0. The largest absolute Gasteiger partial charge is 0.484 e. The highest BCUT2D eigenvalue weighted by atomic mass is 19.4. The number of Topliss-reactive ketones (excluding diaryl/α,β-unsaturated/α-hetero) is 1. The number of carbonyl (C=O) groups excluding carboxylic acids is 2. The molecule has 1 amide bonds. The molecule has 0 aromatic heterocycles. The number of nitrogens with zero attached hydrogens (tertiary/aromatic N) is 1. The van der Waals surface area contributed by atoms with E-state index in [9.17, 15) is 22.8 Å². The monoisotopic (exact) mass is 385 g/mol. The zero-order valence-electron chi connectivity index (χ0n) is 15.5. The number of halogens is 3. The number of ether oxygens (including phenoxy) is 1. The van der Waals surface area contributed by atoms with Crippen molar-refractivity contribution in [1.29, 1.82) is 0 Å². The Morgan fingerprint density at radius 1 is 1.19 bits per heavy atom. The number of hydrogen-bond donors (Lipinski definition) is 0. The highest BCUT2D eigenvalue weighted by Gasteiger charge is 2.54. The Labute approximate surface area is 155 Å². The first kappa shape index (κ1) is 19.7. The van der Waals surface area contributed by atoms with Crippen LogP contribution in [0.25, 0.3) is 0 Å². The second-order valence-corrected chi connectivity index (χ2v) is 7.30. The van der Waals surface area contributed by atoms with Gasteiger partial charge < -0.3 is 4.74 Å². The molecule has 1 unspecified atom stereocenters. The molecule has 0 N–H and O–H groups in total. The molecule has 1 aliphatic heterocycles. The molecule has 1 aromatic carbocycles. The van der Waals surface area contributed by atoms with Crippen LogP contribution in [-0.2, 0) is 14.4 Å². The standard InChI is InChI=1S/C19H22F3NO4/c1-11-8-13(26-10-19(20,21)22)9-12(2)14(11)15-16(24)18(6-4-5-7-18)27-23(3)17(15)25/h8-9,15H,4-7,10H2,1-3H3. The summed E-state index contributed by atoms with van der Waals surface area (Å²) in [7, 11) is 1.49. The van der Waals surface area contributed by atoms with Crippen LogP contribution in [0.1, 0.15) is 48.3 Å². The van der Waals surface area contributed by atoms with Crippen LogP contribution < -0.4 is 4.74 Å².